The molecule has 92 valence electrons. The van der Waals surface area contributed by atoms with Crippen molar-refractivity contribution in [2.24, 2.45) is 0 Å². The van der Waals surface area contributed by atoms with Crippen molar-refractivity contribution in [1.82, 2.24) is 20.1 Å². The van der Waals surface area contributed by atoms with E-state index in [-0.39, 0.29) is 11.9 Å². The van der Waals surface area contributed by atoms with Gasteiger partial charge in [0.25, 0.3) is 5.91 Å². The number of fused-ring (bicyclic) bond motifs is 1. The summed E-state index contributed by atoms with van der Waals surface area (Å²) in [6.45, 7) is 0. The maximum Gasteiger partial charge on any atom is 0.291 e. The summed E-state index contributed by atoms with van der Waals surface area (Å²) in [5, 5.41) is 6.33. The van der Waals surface area contributed by atoms with Crippen LogP contribution in [0.25, 0.3) is 0 Å². The predicted molar refractivity (Wildman–Crippen MR) is 66.0 cm³/mol. The topological polar surface area (TPSA) is 61.9 Å². The van der Waals surface area contributed by atoms with Crippen LogP contribution >= 0.6 is 0 Å². The highest BCUT2D eigenvalue weighted by Crippen LogP contribution is 2.35. The first-order valence-electron chi connectivity index (χ1n) is 5.97. The van der Waals surface area contributed by atoms with Crippen molar-refractivity contribution < 1.29 is 4.79 Å². The van der Waals surface area contributed by atoms with Gasteiger partial charge in [0, 0.05) is 7.05 Å². The number of aromatic amines is 1. The van der Waals surface area contributed by atoms with Crippen molar-refractivity contribution in [2.45, 2.75) is 18.9 Å². The van der Waals surface area contributed by atoms with E-state index < -0.39 is 0 Å². The molecular weight excluding hydrogens is 228 g/mol. The van der Waals surface area contributed by atoms with E-state index in [2.05, 4.69) is 27.3 Å². The normalized spacial score (nSPS) is 17.5. The second kappa shape index (κ2) is 4.25. The lowest BCUT2D eigenvalue weighted by Gasteiger charge is -2.24. The lowest BCUT2D eigenvalue weighted by atomic mass is 10.1. The zero-order valence-electron chi connectivity index (χ0n) is 10.1. The Morgan fingerprint density at radius 2 is 2.28 bits per heavy atom. The Balaban J connectivity index is 1.87. The quantitative estimate of drug-likeness (QED) is 0.869. The molecule has 0 fully saturated rings. The third-order valence-electron chi connectivity index (χ3n) is 3.51. The molecular formula is C13H14N4O. The van der Waals surface area contributed by atoms with Crippen LogP contribution in [0, 0.1) is 0 Å². The Morgan fingerprint density at radius 1 is 1.44 bits per heavy atom. The van der Waals surface area contributed by atoms with E-state index in [1.54, 1.807) is 4.90 Å². The molecule has 0 saturated carbocycles. The van der Waals surface area contributed by atoms with Gasteiger partial charge in [-0.15, -0.1) is 0 Å². The van der Waals surface area contributed by atoms with Crippen molar-refractivity contribution in [3.05, 3.63) is 47.5 Å². The van der Waals surface area contributed by atoms with Crippen LogP contribution in [0.15, 0.2) is 30.6 Å². The molecule has 0 bridgehead atoms. The summed E-state index contributed by atoms with van der Waals surface area (Å²) in [5.41, 5.74) is 2.58. The van der Waals surface area contributed by atoms with Crippen LogP contribution < -0.4 is 0 Å². The minimum absolute atomic E-state index is 0.116. The van der Waals surface area contributed by atoms with Crippen LogP contribution in [0.1, 0.15) is 34.2 Å². The molecule has 1 aromatic carbocycles. The van der Waals surface area contributed by atoms with Crippen molar-refractivity contribution in [3.63, 3.8) is 0 Å². The highest BCUT2D eigenvalue weighted by atomic mass is 16.2. The molecule has 0 radical (unpaired) electrons. The van der Waals surface area contributed by atoms with Gasteiger partial charge in [0.15, 0.2) is 0 Å². The van der Waals surface area contributed by atoms with Gasteiger partial charge in [-0.2, -0.15) is 5.10 Å². The number of rotatable bonds is 2. The fourth-order valence-corrected chi connectivity index (χ4v) is 2.55. The van der Waals surface area contributed by atoms with Gasteiger partial charge in [0.05, 0.1) is 6.04 Å². The molecule has 1 heterocycles. The van der Waals surface area contributed by atoms with Crippen LogP contribution in [0.2, 0.25) is 0 Å². The number of nitrogens with one attached hydrogen (secondary N) is 1. The summed E-state index contributed by atoms with van der Waals surface area (Å²) in [6, 6.07) is 8.42. The zero-order chi connectivity index (χ0) is 12.5. The molecule has 0 saturated heterocycles. The number of hydrogen-bond acceptors (Lipinski definition) is 3. The molecule has 3 rings (SSSR count). The molecule has 2 aromatic rings. The molecule has 0 aliphatic heterocycles. The van der Waals surface area contributed by atoms with Crippen LogP contribution in [0.3, 0.4) is 0 Å². The van der Waals surface area contributed by atoms with E-state index in [1.165, 1.54) is 17.5 Å². The number of aryl methyl sites for hydroxylation is 1. The van der Waals surface area contributed by atoms with E-state index in [9.17, 15) is 4.79 Å². The van der Waals surface area contributed by atoms with E-state index in [4.69, 9.17) is 0 Å². The summed E-state index contributed by atoms with van der Waals surface area (Å²) >= 11 is 0. The Bertz CT molecular complexity index is 564. The second-order valence-electron chi connectivity index (χ2n) is 4.50. The molecule has 1 N–H and O–H groups in total. The van der Waals surface area contributed by atoms with Crippen molar-refractivity contribution in [3.8, 4) is 0 Å². The van der Waals surface area contributed by atoms with Crippen LogP contribution in [-0.2, 0) is 6.42 Å². The Hall–Kier alpha value is -2.17. The Kier molecular flexibility index (Phi) is 2.59. The molecule has 1 aliphatic carbocycles. The van der Waals surface area contributed by atoms with Gasteiger partial charge < -0.3 is 4.90 Å². The highest BCUT2D eigenvalue weighted by molar-refractivity contribution is 5.90. The summed E-state index contributed by atoms with van der Waals surface area (Å²) in [6.07, 6.45) is 3.34. The number of H-pyrrole nitrogens is 1. The monoisotopic (exact) mass is 242 g/mol. The van der Waals surface area contributed by atoms with Crippen molar-refractivity contribution in [2.75, 3.05) is 7.05 Å². The van der Waals surface area contributed by atoms with Gasteiger partial charge in [-0.1, -0.05) is 24.3 Å². The molecule has 1 atom stereocenters. The van der Waals surface area contributed by atoms with Crippen LogP contribution in [0.4, 0.5) is 0 Å². The van der Waals surface area contributed by atoms with Crippen LogP contribution in [-0.4, -0.2) is 33.0 Å². The second-order valence-corrected chi connectivity index (χ2v) is 4.50. The molecule has 1 amide bonds. The van der Waals surface area contributed by atoms with E-state index in [0.29, 0.717) is 5.82 Å². The zero-order valence-corrected chi connectivity index (χ0v) is 10.1. The number of hydrogen-bond donors (Lipinski definition) is 1. The fraction of sp³-hybridized carbons (Fsp3) is 0.308. The first-order chi connectivity index (χ1) is 8.77. The van der Waals surface area contributed by atoms with Gasteiger partial charge in [-0.05, 0) is 24.0 Å². The molecule has 1 aliphatic rings. The number of nitrogens with zero attached hydrogens (tertiary/aromatic N) is 3. The van der Waals surface area contributed by atoms with Crippen molar-refractivity contribution in [1.29, 1.82) is 0 Å². The van der Waals surface area contributed by atoms with E-state index >= 15 is 0 Å². The van der Waals surface area contributed by atoms with Gasteiger partial charge in [0.1, 0.15) is 6.33 Å². The third kappa shape index (κ3) is 1.68. The number of aromatic nitrogens is 3. The standard InChI is InChI=1S/C13H14N4O/c1-17(13(18)12-14-8-15-16-12)11-7-6-9-4-2-3-5-10(9)11/h2-5,8,11H,6-7H2,1H3,(H,14,15,16). The summed E-state index contributed by atoms with van der Waals surface area (Å²) in [7, 11) is 1.82. The van der Waals surface area contributed by atoms with E-state index in [1.807, 2.05) is 19.2 Å². The average molecular weight is 242 g/mol. The lowest BCUT2D eigenvalue weighted by molar-refractivity contribution is 0.0718. The average Bonchev–Trinajstić information content (AvgIpc) is 3.06. The number of amides is 1. The first kappa shape index (κ1) is 11.0. The number of carbonyl (C=O) groups is 1. The summed E-state index contributed by atoms with van der Waals surface area (Å²) in [5.74, 6) is 0.177. The van der Waals surface area contributed by atoms with Crippen molar-refractivity contribution >= 4 is 5.91 Å². The Morgan fingerprint density at radius 3 is 3.06 bits per heavy atom. The van der Waals surface area contributed by atoms with Gasteiger partial charge >= 0.3 is 0 Å². The lowest BCUT2D eigenvalue weighted by Crippen LogP contribution is -2.30. The Labute approximate surface area is 105 Å². The molecule has 0 spiro atoms. The fourth-order valence-electron chi connectivity index (χ4n) is 2.55. The maximum absolute atomic E-state index is 12.2. The van der Waals surface area contributed by atoms with E-state index in [0.717, 1.165) is 12.8 Å². The molecule has 1 aromatic heterocycles. The van der Waals surface area contributed by atoms with Gasteiger partial charge in [-0.3, -0.25) is 9.89 Å². The smallest absolute Gasteiger partial charge is 0.291 e. The first-order valence-corrected chi connectivity index (χ1v) is 5.97. The summed E-state index contributed by atoms with van der Waals surface area (Å²) < 4.78 is 0. The molecule has 5 nitrogen and oxygen atoms in total. The SMILES string of the molecule is CN(C(=O)c1ncn[nH]1)C1CCc2ccccc21. The molecule has 1 unspecified atom stereocenters. The summed E-state index contributed by atoms with van der Waals surface area (Å²) in [4.78, 5) is 17.8. The molecule has 5 heteroatoms. The predicted octanol–water partition coefficient (Wildman–Crippen LogP) is 1.56. The van der Waals surface area contributed by atoms with Gasteiger partial charge in [-0.25, -0.2) is 4.98 Å². The third-order valence-corrected chi connectivity index (χ3v) is 3.51. The van der Waals surface area contributed by atoms with Crippen LogP contribution in [0.5, 0.6) is 0 Å². The minimum Gasteiger partial charge on any atom is -0.332 e. The highest BCUT2D eigenvalue weighted by Gasteiger charge is 2.29. The number of carbonyl (C=O) groups excluding carboxylic acids is 1. The van der Waals surface area contributed by atoms with Gasteiger partial charge in [0.2, 0.25) is 5.82 Å². The largest absolute Gasteiger partial charge is 0.332 e. The maximum atomic E-state index is 12.2. The number of benzene rings is 1. The molecule has 18 heavy (non-hydrogen) atoms. The minimum atomic E-state index is -0.116.